The first-order chi connectivity index (χ1) is 15.9. The maximum atomic E-state index is 12.7. The first-order valence-corrected chi connectivity index (χ1v) is 10.0. The molecule has 3 aromatic carbocycles. The molecule has 4 rings (SSSR count). The van der Waals surface area contributed by atoms with Crippen LogP contribution in [-0.2, 0) is 0 Å². The summed E-state index contributed by atoms with van der Waals surface area (Å²) in [7, 11) is 1.44. The number of phenols is 2. The third kappa shape index (κ3) is 4.40. The summed E-state index contributed by atoms with van der Waals surface area (Å²) >= 11 is 0. The van der Waals surface area contributed by atoms with Crippen LogP contribution >= 0.6 is 0 Å². The van der Waals surface area contributed by atoms with E-state index >= 15 is 0 Å². The number of methoxy groups -OCH3 is 1. The Morgan fingerprint density at radius 2 is 1.79 bits per heavy atom. The molecule has 1 heterocycles. The molecule has 0 saturated heterocycles. The lowest BCUT2D eigenvalue weighted by Gasteiger charge is -2.13. The Balaban J connectivity index is 1.56. The summed E-state index contributed by atoms with van der Waals surface area (Å²) in [6.45, 7) is 1.84. The van der Waals surface area contributed by atoms with E-state index in [1.165, 1.54) is 36.1 Å². The Morgan fingerprint density at radius 1 is 1.03 bits per heavy atom. The Hall–Kier alpha value is -4.59. The van der Waals surface area contributed by atoms with E-state index in [1.807, 2.05) is 6.92 Å². The van der Waals surface area contributed by atoms with Crippen LogP contribution in [0, 0.1) is 6.92 Å². The summed E-state index contributed by atoms with van der Waals surface area (Å²) in [6.07, 6.45) is 1.43. The minimum absolute atomic E-state index is 0.00875. The molecule has 0 saturated carbocycles. The number of nitrogens with zero attached hydrogens (tertiary/aromatic N) is 2. The Morgan fingerprint density at radius 3 is 2.52 bits per heavy atom. The normalized spacial score (nSPS) is 11.1. The van der Waals surface area contributed by atoms with Gasteiger partial charge in [-0.3, -0.25) is 14.2 Å². The molecule has 33 heavy (non-hydrogen) atoms. The van der Waals surface area contributed by atoms with Gasteiger partial charge in [0.1, 0.15) is 5.75 Å². The van der Waals surface area contributed by atoms with Crippen molar-refractivity contribution in [1.29, 1.82) is 0 Å². The number of hydrogen-bond donors (Lipinski definition) is 3. The highest BCUT2D eigenvalue weighted by Gasteiger charge is 2.11. The minimum Gasteiger partial charge on any atom is -0.508 e. The van der Waals surface area contributed by atoms with E-state index in [4.69, 9.17) is 4.74 Å². The predicted molar refractivity (Wildman–Crippen MR) is 126 cm³/mol. The Kier molecular flexibility index (Phi) is 5.82. The molecule has 1 amide bonds. The van der Waals surface area contributed by atoms with E-state index in [0.717, 1.165) is 10.9 Å². The van der Waals surface area contributed by atoms with Gasteiger partial charge in [-0.05, 0) is 72.6 Å². The molecular formula is C25H21N3O5. The molecule has 3 N–H and O–H groups in total. The van der Waals surface area contributed by atoms with Crippen molar-refractivity contribution in [3.63, 3.8) is 0 Å². The lowest BCUT2D eigenvalue weighted by atomic mass is 10.1. The van der Waals surface area contributed by atoms with Crippen LogP contribution in [0.2, 0.25) is 0 Å². The summed E-state index contributed by atoms with van der Waals surface area (Å²) in [5.74, 6) is -0.0637. The lowest BCUT2D eigenvalue weighted by Crippen LogP contribution is -2.20. The number of benzene rings is 3. The predicted octanol–water partition coefficient (Wildman–Crippen LogP) is 3.48. The number of aromatic hydroxyl groups is 2. The number of amides is 1. The number of nitrogens with one attached hydrogen (secondary N) is 1. The minimum atomic E-state index is -0.428. The van der Waals surface area contributed by atoms with Crippen molar-refractivity contribution in [3.05, 3.63) is 93.8 Å². The third-order valence-corrected chi connectivity index (χ3v) is 5.18. The second-order valence-corrected chi connectivity index (χ2v) is 7.38. The number of pyridine rings is 1. The van der Waals surface area contributed by atoms with Gasteiger partial charge in [0.25, 0.3) is 11.5 Å². The van der Waals surface area contributed by atoms with Crippen LogP contribution in [-0.4, -0.2) is 34.0 Å². The van der Waals surface area contributed by atoms with Gasteiger partial charge in [-0.2, -0.15) is 5.10 Å². The van der Waals surface area contributed by atoms with Gasteiger partial charge in [0.2, 0.25) is 0 Å². The molecule has 166 valence electrons. The van der Waals surface area contributed by atoms with Crippen LogP contribution < -0.4 is 15.7 Å². The second kappa shape index (κ2) is 8.88. The highest BCUT2D eigenvalue weighted by Crippen LogP contribution is 2.26. The largest absolute Gasteiger partial charge is 0.508 e. The van der Waals surface area contributed by atoms with E-state index in [2.05, 4.69) is 10.5 Å². The molecule has 8 nitrogen and oxygen atoms in total. The zero-order valence-corrected chi connectivity index (χ0v) is 17.9. The lowest BCUT2D eigenvalue weighted by molar-refractivity contribution is 0.0955. The molecule has 0 aliphatic carbocycles. The second-order valence-electron chi connectivity index (χ2n) is 7.38. The van der Waals surface area contributed by atoms with Crippen molar-refractivity contribution in [2.45, 2.75) is 6.92 Å². The van der Waals surface area contributed by atoms with Crippen LogP contribution in [0.25, 0.3) is 16.6 Å². The van der Waals surface area contributed by atoms with E-state index in [0.29, 0.717) is 28.1 Å². The monoisotopic (exact) mass is 443 g/mol. The molecule has 0 bridgehead atoms. The summed E-state index contributed by atoms with van der Waals surface area (Å²) in [6, 6.07) is 17.6. The summed E-state index contributed by atoms with van der Waals surface area (Å²) in [5, 5.41) is 24.3. The zero-order valence-electron chi connectivity index (χ0n) is 17.9. The highest BCUT2D eigenvalue weighted by molar-refractivity contribution is 5.95. The van der Waals surface area contributed by atoms with Crippen LogP contribution in [0.15, 0.2) is 76.6 Å². The van der Waals surface area contributed by atoms with E-state index in [1.54, 1.807) is 48.5 Å². The van der Waals surface area contributed by atoms with Crippen LogP contribution in [0.3, 0.4) is 0 Å². The molecule has 0 aliphatic rings. The number of carbonyl (C=O) groups excluding carboxylic acids is 1. The molecule has 0 unspecified atom stereocenters. The van der Waals surface area contributed by atoms with Gasteiger partial charge in [0, 0.05) is 28.8 Å². The molecule has 0 radical (unpaired) electrons. The Bertz CT molecular complexity index is 1440. The standard InChI is InChI=1S/C25H21N3O5/c1-15-11-24(31)28(21-13-19(29)8-9-20(15)21)18-6-4-17(5-7-18)25(32)27-26-14-16-3-10-22(30)23(12-16)33-2/h3-14,29-30H,1-2H3,(H,27,32)/b26-14+. The Labute approximate surface area is 189 Å². The van der Waals surface area contributed by atoms with Gasteiger partial charge in [0.15, 0.2) is 11.5 Å². The third-order valence-electron chi connectivity index (χ3n) is 5.18. The number of aryl methyl sites for hydroxylation is 1. The number of carbonyl (C=O) groups is 1. The van der Waals surface area contributed by atoms with Gasteiger partial charge >= 0.3 is 0 Å². The molecule has 0 spiro atoms. The van der Waals surface area contributed by atoms with Crippen molar-refractivity contribution in [3.8, 4) is 22.9 Å². The van der Waals surface area contributed by atoms with E-state index in [9.17, 15) is 19.8 Å². The first kappa shape index (κ1) is 21.6. The van der Waals surface area contributed by atoms with E-state index in [-0.39, 0.29) is 17.1 Å². The number of hydrazone groups is 1. The fraction of sp³-hybridized carbons (Fsp3) is 0.0800. The number of hydrogen-bond acceptors (Lipinski definition) is 6. The van der Waals surface area contributed by atoms with Gasteiger partial charge < -0.3 is 14.9 Å². The van der Waals surface area contributed by atoms with Crippen molar-refractivity contribution in [2.75, 3.05) is 7.11 Å². The van der Waals surface area contributed by atoms with Crippen molar-refractivity contribution in [1.82, 2.24) is 9.99 Å². The average molecular weight is 443 g/mol. The first-order valence-electron chi connectivity index (χ1n) is 10.0. The maximum Gasteiger partial charge on any atom is 0.271 e. The highest BCUT2D eigenvalue weighted by atomic mass is 16.5. The van der Waals surface area contributed by atoms with Crippen LogP contribution in [0.1, 0.15) is 21.5 Å². The van der Waals surface area contributed by atoms with Crippen LogP contribution in [0.4, 0.5) is 0 Å². The quantitative estimate of drug-likeness (QED) is 0.323. The maximum absolute atomic E-state index is 12.7. The fourth-order valence-electron chi connectivity index (χ4n) is 3.52. The van der Waals surface area contributed by atoms with E-state index < -0.39 is 5.91 Å². The molecule has 0 aliphatic heterocycles. The number of rotatable bonds is 5. The number of fused-ring (bicyclic) bond motifs is 1. The van der Waals surface area contributed by atoms with Gasteiger partial charge in [-0.1, -0.05) is 0 Å². The molecule has 0 fully saturated rings. The van der Waals surface area contributed by atoms with Crippen molar-refractivity contribution < 1.29 is 19.7 Å². The number of aromatic nitrogens is 1. The van der Waals surface area contributed by atoms with Gasteiger partial charge in [0.05, 0.1) is 18.8 Å². The molecule has 1 aromatic heterocycles. The molecular weight excluding hydrogens is 422 g/mol. The molecule has 8 heteroatoms. The average Bonchev–Trinajstić information content (AvgIpc) is 2.80. The summed E-state index contributed by atoms with van der Waals surface area (Å²) in [5.41, 5.74) is 5.14. The van der Waals surface area contributed by atoms with Gasteiger partial charge in [-0.25, -0.2) is 5.43 Å². The van der Waals surface area contributed by atoms with Crippen LogP contribution in [0.5, 0.6) is 17.2 Å². The SMILES string of the molecule is COc1cc(/C=N/NC(=O)c2ccc(-n3c(=O)cc(C)c4ccc(O)cc43)cc2)ccc1O. The summed E-state index contributed by atoms with van der Waals surface area (Å²) < 4.78 is 6.53. The molecule has 4 aromatic rings. The smallest absolute Gasteiger partial charge is 0.271 e. The number of ether oxygens (including phenoxy) is 1. The van der Waals surface area contributed by atoms with Crippen molar-refractivity contribution >= 4 is 23.0 Å². The van der Waals surface area contributed by atoms with Crippen molar-refractivity contribution in [2.24, 2.45) is 5.10 Å². The topological polar surface area (TPSA) is 113 Å². The summed E-state index contributed by atoms with van der Waals surface area (Å²) in [4.78, 5) is 25.1. The fourth-order valence-corrected chi connectivity index (χ4v) is 3.52. The van der Waals surface area contributed by atoms with Gasteiger partial charge in [-0.15, -0.1) is 0 Å². The molecule has 0 atom stereocenters. The zero-order chi connectivity index (χ0) is 23.5. The number of phenolic OH excluding ortho intramolecular Hbond substituents is 2.